The van der Waals surface area contributed by atoms with E-state index in [0.29, 0.717) is 40.5 Å². The molecule has 9 nitrogen and oxygen atoms in total. The molecule has 0 amide bonds. The third kappa shape index (κ3) is 3.98. The van der Waals surface area contributed by atoms with Crippen LogP contribution in [-0.4, -0.2) is 37.2 Å². The monoisotopic (exact) mass is 462 g/mol. The zero-order valence-corrected chi connectivity index (χ0v) is 18.9. The summed E-state index contributed by atoms with van der Waals surface area (Å²) in [5, 5.41) is 13.1. The molecule has 166 valence electrons. The largest absolute Gasteiger partial charge is 0.496 e. The molecular formula is C23H19ClN6O3. The first-order chi connectivity index (χ1) is 16.0. The van der Waals surface area contributed by atoms with E-state index in [9.17, 15) is 0 Å². The van der Waals surface area contributed by atoms with Gasteiger partial charge in [0.15, 0.2) is 5.69 Å². The fourth-order valence-corrected chi connectivity index (χ4v) is 3.62. The molecule has 10 heteroatoms. The van der Waals surface area contributed by atoms with Gasteiger partial charge in [-0.1, -0.05) is 46.2 Å². The number of aromatic nitrogens is 6. The molecule has 0 aliphatic carbocycles. The lowest BCUT2D eigenvalue weighted by molar-refractivity contribution is 0.414. The van der Waals surface area contributed by atoms with Crippen LogP contribution in [0.15, 0.2) is 57.5 Å². The van der Waals surface area contributed by atoms with E-state index in [0.717, 1.165) is 22.5 Å². The highest BCUT2D eigenvalue weighted by Gasteiger charge is 2.21. The number of rotatable bonds is 6. The second kappa shape index (κ2) is 8.51. The number of hydrogen-bond donors (Lipinski definition) is 0. The second-order valence-corrected chi connectivity index (χ2v) is 7.77. The number of hydrogen-bond acceptors (Lipinski definition) is 8. The van der Waals surface area contributed by atoms with Crippen molar-refractivity contribution in [3.8, 4) is 40.2 Å². The van der Waals surface area contributed by atoms with Gasteiger partial charge in [0.1, 0.15) is 17.2 Å². The summed E-state index contributed by atoms with van der Waals surface area (Å²) in [6.07, 6.45) is 0. The van der Waals surface area contributed by atoms with Crippen molar-refractivity contribution < 1.29 is 13.7 Å². The van der Waals surface area contributed by atoms with Gasteiger partial charge in [-0.15, -0.1) is 5.10 Å². The quantitative estimate of drug-likeness (QED) is 0.348. The van der Waals surface area contributed by atoms with Crippen molar-refractivity contribution in [2.75, 3.05) is 7.11 Å². The predicted molar refractivity (Wildman–Crippen MR) is 121 cm³/mol. The highest BCUT2D eigenvalue weighted by Crippen LogP contribution is 2.31. The first-order valence-electron chi connectivity index (χ1n) is 10.1. The Morgan fingerprint density at radius 1 is 1.03 bits per heavy atom. The van der Waals surface area contributed by atoms with Crippen molar-refractivity contribution in [2.24, 2.45) is 0 Å². The smallest absolute Gasteiger partial charge is 0.280 e. The molecule has 0 radical (unpaired) electrons. The maximum atomic E-state index is 6.06. The summed E-state index contributed by atoms with van der Waals surface area (Å²) in [5.41, 5.74) is 3.54. The van der Waals surface area contributed by atoms with Gasteiger partial charge in [0.05, 0.1) is 24.9 Å². The van der Waals surface area contributed by atoms with Crippen molar-refractivity contribution in [2.45, 2.75) is 20.4 Å². The van der Waals surface area contributed by atoms with Crippen LogP contribution in [0.2, 0.25) is 5.02 Å². The van der Waals surface area contributed by atoms with E-state index in [2.05, 4.69) is 25.4 Å². The minimum Gasteiger partial charge on any atom is -0.496 e. The summed E-state index contributed by atoms with van der Waals surface area (Å²) in [6.45, 7) is 4.12. The second-order valence-electron chi connectivity index (χ2n) is 7.34. The van der Waals surface area contributed by atoms with Gasteiger partial charge in [0.25, 0.3) is 5.89 Å². The van der Waals surface area contributed by atoms with Crippen LogP contribution in [0.1, 0.15) is 17.1 Å². The number of oxazole rings is 1. The Morgan fingerprint density at radius 2 is 1.88 bits per heavy atom. The van der Waals surface area contributed by atoms with Gasteiger partial charge in [-0.2, -0.15) is 4.98 Å². The molecule has 0 aliphatic rings. The van der Waals surface area contributed by atoms with Crippen LogP contribution in [0.4, 0.5) is 0 Å². The number of nitrogens with zero attached hydrogens (tertiary/aromatic N) is 6. The molecular weight excluding hydrogens is 444 g/mol. The highest BCUT2D eigenvalue weighted by atomic mass is 35.5. The van der Waals surface area contributed by atoms with E-state index in [-0.39, 0.29) is 5.89 Å². The van der Waals surface area contributed by atoms with Crippen LogP contribution in [0.25, 0.3) is 34.4 Å². The molecule has 2 aromatic carbocycles. The molecule has 0 fully saturated rings. The maximum Gasteiger partial charge on any atom is 0.280 e. The summed E-state index contributed by atoms with van der Waals surface area (Å²) >= 11 is 6.06. The summed E-state index contributed by atoms with van der Waals surface area (Å²) in [5.74, 6) is 2.57. The zero-order chi connectivity index (χ0) is 22.9. The average Bonchev–Trinajstić information content (AvgIpc) is 3.54. The van der Waals surface area contributed by atoms with Gasteiger partial charge in [0, 0.05) is 10.6 Å². The lowest BCUT2D eigenvalue weighted by atomic mass is 10.2. The fraction of sp³-hybridized carbons (Fsp3) is 0.174. The minimum absolute atomic E-state index is 0.278. The van der Waals surface area contributed by atoms with E-state index in [1.807, 2.05) is 50.2 Å². The Bertz CT molecular complexity index is 1440. The standard InChI is InChI=1S/C23H19ClN6O3/c1-13-20(23-26-21(28-33-23)15-7-6-8-16(24)11-15)27-29-30(13)12-18-14(2)32-22(25-18)17-9-4-5-10-19(17)31-3/h4-11H,12H2,1-3H3. The minimum atomic E-state index is 0.278. The van der Waals surface area contributed by atoms with Crippen LogP contribution in [0.5, 0.6) is 5.75 Å². The number of halogens is 1. The molecule has 0 bridgehead atoms. The van der Waals surface area contributed by atoms with Crippen LogP contribution in [-0.2, 0) is 6.54 Å². The molecule has 3 aromatic heterocycles. The fourth-order valence-electron chi connectivity index (χ4n) is 3.43. The summed E-state index contributed by atoms with van der Waals surface area (Å²) in [6, 6.07) is 14.8. The molecule has 5 rings (SSSR count). The van der Waals surface area contributed by atoms with Gasteiger partial charge in [-0.25, -0.2) is 9.67 Å². The summed E-state index contributed by atoms with van der Waals surface area (Å²) in [7, 11) is 1.62. The highest BCUT2D eigenvalue weighted by molar-refractivity contribution is 6.30. The Kier molecular flexibility index (Phi) is 5.39. The lowest BCUT2D eigenvalue weighted by Gasteiger charge is -2.03. The molecule has 0 N–H and O–H groups in total. The van der Waals surface area contributed by atoms with Crippen molar-refractivity contribution in [3.05, 3.63) is 70.7 Å². The zero-order valence-electron chi connectivity index (χ0n) is 18.1. The lowest BCUT2D eigenvalue weighted by Crippen LogP contribution is -2.05. The molecule has 0 saturated carbocycles. The first kappa shape index (κ1) is 20.9. The molecule has 5 aromatic rings. The SMILES string of the molecule is COc1ccccc1-c1nc(Cn2nnc(-c3nc(-c4cccc(Cl)c4)no3)c2C)c(C)o1. The third-order valence-corrected chi connectivity index (χ3v) is 5.46. The number of aryl methyl sites for hydroxylation is 1. The number of methoxy groups -OCH3 is 1. The Morgan fingerprint density at radius 3 is 2.70 bits per heavy atom. The maximum absolute atomic E-state index is 6.06. The topological polar surface area (TPSA) is 105 Å². The molecule has 0 atom stereocenters. The molecule has 0 aliphatic heterocycles. The van der Waals surface area contributed by atoms with Gasteiger partial charge >= 0.3 is 0 Å². The van der Waals surface area contributed by atoms with Crippen molar-refractivity contribution in [1.82, 2.24) is 30.1 Å². The van der Waals surface area contributed by atoms with E-state index in [1.54, 1.807) is 23.9 Å². The first-order valence-corrected chi connectivity index (χ1v) is 10.5. The summed E-state index contributed by atoms with van der Waals surface area (Å²) in [4.78, 5) is 9.11. The predicted octanol–water partition coefficient (Wildman–Crippen LogP) is 4.98. The van der Waals surface area contributed by atoms with Gasteiger partial charge in [-0.05, 0) is 38.1 Å². The van der Waals surface area contributed by atoms with E-state index < -0.39 is 0 Å². The van der Waals surface area contributed by atoms with Crippen LogP contribution in [0.3, 0.4) is 0 Å². The summed E-state index contributed by atoms with van der Waals surface area (Å²) < 4.78 is 18.5. The van der Waals surface area contributed by atoms with Gasteiger partial charge < -0.3 is 13.7 Å². The Balaban J connectivity index is 1.41. The van der Waals surface area contributed by atoms with Crippen LogP contribution >= 0.6 is 11.6 Å². The molecule has 3 heterocycles. The molecule has 0 saturated heterocycles. The van der Waals surface area contributed by atoms with E-state index in [4.69, 9.17) is 25.3 Å². The third-order valence-electron chi connectivity index (χ3n) is 5.22. The van der Waals surface area contributed by atoms with Crippen LogP contribution in [0, 0.1) is 13.8 Å². The number of para-hydroxylation sites is 1. The normalized spacial score (nSPS) is 11.2. The Labute approximate surface area is 194 Å². The molecule has 0 unspecified atom stereocenters. The van der Waals surface area contributed by atoms with E-state index >= 15 is 0 Å². The number of ether oxygens (including phenoxy) is 1. The van der Waals surface area contributed by atoms with Crippen molar-refractivity contribution in [3.63, 3.8) is 0 Å². The molecule has 33 heavy (non-hydrogen) atoms. The number of benzene rings is 2. The van der Waals surface area contributed by atoms with Crippen molar-refractivity contribution in [1.29, 1.82) is 0 Å². The van der Waals surface area contributed by atoms with Crippen molar-refractivity contribution >= 4 is 11.6 Å². The van der Waals surface area contributed by atoms with E-state index in [1.165, 1.54) is 0 Å². The Hall–Kier alpha value is -3.98. The average molecular weight is 463 g/mol. The van der Waals surface area contributed by atoms with Gasteiger partial charge in [-0.3, -0.25) is 0 Å². The van der Waals surface area contributed by atoms with Crippen LogP contribution < -0.4 is 4.74 Å². The molecule has 0 spiro atoms. The van der Waals surface area contributed by atoms with Gasteiger partial charge in [0.2, 0.25) is 11.7 Å².